The molecule has 0 saturated carbocycles. The Morgan fingerprint density at radius 2 is 1.89 bits per heavy atom. The van der Waals surface area contributed by atoms with Crippen LogP contribution in [-0.4, -0.2) is 61.3 Å². The molecule has 0 fully saturated rings. The number of nitrogens with one attached hydrogen (secondary N) is 1. The second kappa shape index (κ2) is 10.7. The second-order valence-corrected chi connectivity index (χ2v) is 11.1. The van der Waals surface area contributed by atoms with E-state index in [1.165, 1.54) is 13.2 Å². The summed E-state index contributed by atoms with van der Waals surface area (Å²) in [5, 5.41) is 13.6. The topological polar surface area (TPSA) is 131 Å². The first-order valence-corrected chi connectivity index (χ1v) is 13.6. The van der Waals surface area contributed by atoms with Crippen molar-refractivity contribution in [2.75, 3.05) is 26.6 Å². The van der Waals surface area contributed by atoms with E-state index in [4.69, 9.17) is 31.2 Å². The van der Waals surface area contributed by atoms with Crippen molar-refractivity contribution < 1.29 is 27.4 Å². The predicted octanol–water partition coefficient (Wildman–Crippen LogP) is 3.82. The maximum Gasteiger partial charge on any atom is 0.283 e. The van der Waals surface area contributed by atoms with Crippen molar-refractivity contribution in [2.24, 2.45) is 10.1 Å². The summed E-state index contributed by atoms with van der Waals surface area (Å²) < 4.78 is 40.2. The Labute approximate surface area is 217 Å². The maximum absolute atomic E-state index is 12.6. The van der Waals surface area contributed by atoms with E-state index in [-0.39, 0.29) is 26.0 Å². The summed E-state index contributed by atoms with van der Waals surface area (Å²) in [6.07, 6.45) is 3.01. The Bertz CT molecular complexity index is 1410. The lowest BCUT2D eigenvalue weighted by Gasteiger charge is -2.20. The number of carbonyl (C=O) groups excluding carboxylic acids is 1. The van der Waals surface area contributed by atoms with E-state index in [0.29, 0.717) is 36.7 Å². The molecule has 2 aliphatic heterocycles. The number of para-hydroxylation sites is 1. The van der Waals surface area contributed by atoms with Crippen LogP contribution in [0.2, 0.25) is 5.02 Å². The van der Waals surface area contributed by atoms with E-state index in [9.17, 15) is 13.2 Å². The molecule has 1 amide bonds. The molecule has 0 radical (unpaired) electrons. The van der Waals surface area contributed by atoms with E-state index >= 15 is 0 Å². The van der Waals surface area contributed by atoms with E-state index < -0.39 is 15.7 Å². The number of thioether (sulfide) groups is 1. The van der Waals surface area contributed by atoms with Crippen LogP contribution in [0.3, 0.4) is 0 Å². The molecule has 0 bridgehead atoms. The number of rotatable bonds is 8. The number of methoxy groups -OCH3 is 1. The number of carbonyl (C=O) groups is 1. The van der Waals surface area contributed by atoms with Gasteiger partial charge in [0.15, 0.2) is 17.3 Å². The zero-order valence-electron chi connectivity index (χ0n) is 19.2. The third-order valence-corrected chi connectivity index (χ3v) is 7.72. The molecule has 36 heavy (non-hydrogen) atoms. The summed E-state index contributed by atoms with van der Waals surface area (Å²) in [5.41, 5.74) is 0.380. The highest BCUT2D eigenvalue weighted by atomic mass is 35.5. The van der Waals surface area contributed by atoms with E-state index in [1.807, 2.05) is 30.3 Å². The molecule has 0 aromatic heterocycles. The van der Waals surface area contributed by atoms with Crippen LogP contribution >= 0.6 is 23.4 Å². The van der Waals surface area contributed by atoms with Crippen LogP contribution in [0.15, 0.2) is 58.1 Å². The smallest absolute Gasteiger partial charge is 0.283 e. The number of hydrogen-bond donors (Lipinski definition) is 1. The van der Waals surface area contributed by atoms with Gasteiger partial charge in [0.25, 0.3) is 5.91 Å². The zero-order chi connectivity index (χ0) is 25.9. The fourth-order valence-corrected chi connectivity index (χ4v) is 5.15. The van der Waals surface area contributed by atoms with Crippen molar-refractivity contribution in [3.63, 3.8) is 0 Å². The summed E-state index contributed by atoms with van der Waals surface area (Å²) in [7, 11) is -2.16. The fourth-order valence-electron chi connectivity index (χ4n) is 3.19. The summed E-state index contributed by atoms with van der Waals surface area (Å²) >= 11 is 7.16. The van der Waals surface area contributed by atoms with Gasteiger partial charge in [-0.3, -0.25) is 10.2 Å². The van der Waals surface area contributed by atoms with Gasteiger partial charge in [-0.15, -0.1) is 5.10 Å². The average Bonchev–Trinajstić information content (AvgIpc) is 3.28. The van der Waals surface area contributed by atoms with Crippen LogP contribution in [0.25, 0.3) is 6.08 Å². The highest BCUT2D eigenvalue weighted by molar-refractivity contribution is 8.42. The minimum Gasteiger partial charge on any atom is -0.493 e. The molecular weight excluding hydrogens is 528 g/mol. The van der Waals surface area contributed by atoms with Crippen molar-refractivity contribution in [3.05, 3.63) is 58.6 Å². The highest BCUT2D eigenvalue weighted by Gasteiger charge is 2.38. The number of ether oxygens (including phenoxy) is 3. The summed E-state index contributed by atoms with van der Waals surface area (Å²) in [6.45, 7) is 0.788. The van der Waals surface area contributed by atoms with Gasteiger partial charge < -0.3 is 14.2 Å². The first kappa shape index (κ1) is 25.7. The van der Waals surface area contributed by atoms with Crippen molar-refractivity contribution in [2.45, 2.75) is 6.42 Å². The third-order valence-electron chi connectivity index (χ3n) is 4.86. The molecule has 2 heterocycles. The maximum atomic E-state index is 12.6. The third kappa shape index (κ3) is 5.72. The van der Waals surface area contributed by atoms with Crippen LogP contribution in [-0.2, 0) is 14.6 Å². The van der Waals surface area contributed by atoms with E-state index in [1.54, 1.807) is 12.1 Å². The quantitative estimate of drug-likeness (QED) is 0.389. The molecule has 0 aliphatic carbocycles. The number of fused-ring (bicyclic) bond motifs is 1. The minimum atomic E-state index is -3.62. The van der Waals surface area contributed by atoms with Gasteiger partial charge in [0, 0.05) is 12.7 Å². The number of hydrazone groups is 1. The fraction of sp³-hybridized carbons (Fsp3) is 0.217. The summed E-state index contributed by atoms with van der Waals surface area (Å²) in [4.78, 5) is 16.5. The molecule has 2 aromatic carbocycles. The van der Waals surface area contributed by atoms with Gasteiger partial charge in [-0.25, -0.2) is 8.42 Å². The summed E-state index contributed by atoms with van der Waals surface area (Å²) in [5.74, 6) is 0.453. The van der Waals surface area contributed by atoms with Gasteiger partial charge in [0.05, 0.1) is 30.9 Å². The Morgan fingerprint density at radius 3 is 2.58 bits per heavy atom. The lowest BCUT2D eigenvalue weighted by Crippen LogP contribution is -2.35. The van der Waals surface area contributed by atoms with Gasteiger partial charge in [-0.05, 0) is 47.7 Å². The number of amidine groups is 2. The standard InChI is InChI=1S/C23H21ClN4O6S2/c1-32-18-13-14(12-17(24)19(18)34-10-6-9-33-15-7-4-3-5-8-15)11-16-20(25)28-22(26-21(16)29)35-23(27-28)36(2,30)31/h3-5,7-8,11-13,25H,6,9-10H2,1-2H3/b16-11-,25-20?. The second-order valence-electron chi connectivity index (χ2n) is 7.56. The normalized spacial score (nSPS) is 16.5. The van der Waals surface area contributed by atoms with Crippen LogP contribution in [0, 0.1) is 5.41 Å². The first-order valence-electron chi connectivity index (χ1n) is 10.6. The molecule has 188 valence electrons. The molecule has 0 unspecified atom stereocenters. The van der Waals surface area contributed by atoms with Crippen LogP contribution in [0.5, 0.6) is 17.2 Å². The molecule has 0 spiro atoms. The number of nitrogens with zero attached hydrogens (tertiary/aromatic N) is 3. The molecule has 0 atom stereocenters. The number of halogens is 1. The largest absolute Gasteiger partial charge is 0.493 e. The number of aliphatic imine (C=N–C) groups is 1. The number of amides is 1. The SMILES string of the molecule is COc1cc(/C=C2/C(=N)N3N=C(S(C)(=O)=O)SC3=NC2=O)cc(Cl)c1OCCCOc1ccccc1. The molecule has 2 aliphatic rings. The Morgan fingerprint density at radius 1 is 1.17 bits per heavy atom. The lowest BCUT2D eigenvalue weighted by atomic mass is 10.1. The lowest BCUT2D eigenvalue weighted by molar-refractivity contribution is -0.114. The predicted molar refractivity (Wildman–Crippen MR) is 140 cm³/mol. The highest BCUT2D eigenvalue weighted by Crippen LogP contribution is 2.38. The molecule has 1 N–H and O–H groups in total. The average molecular weight is 549 g/mol. The van der Waals surface area contributed by atoms with Crippen molar-refractivity contribution in [1.29, 1.82) is 5.41 Å². The van der Waals surface area contributed by atoms with Gasteiger partial charge in [-0.1, -0.05) is 29.8 Å². The summed E-state index contributed by atoms with van der Waals surface area (Å²) in [6, 6.07) is 12.6. The molecule has 2 aromatic rings. The molecule has 4 rings (SSSR count). The van der Waals surface area contributed by atoms with E-state index in [0.717, 1.165) is 28.8 Å². The number of sulfone groups is 1. The minimum absolute atomic E-state index is 0.0122. The molecule has 0 saturated heterocycles. The van der Waals surface area contributed by atoms with Gasteiger partial charge in [0.2, 0.25) is 19.4 Å². The van der Waals surface area contributed by atoms with E-state index in [2.05, 4.69) is 10.1 Å². The molecule has 10 nitrogen and oxygen atoms in total. The van der Waals surface area contributed by atoms with Gasteiger partial charge in [-0.2, -0.15) is 10.0 Å². The van der Waals surface area contributed by atoms with Crippen molar-refractivity contribution >= 4 is 60.6 Å². The number of benzene rings is 2. The van der Waals surface area contributed by atoms with Gasteiger partial charge in [0.1, 0.15) is 5.75 Å². The van der Waals surface area contributed by atoms with Crippen LogP contribution in [0.4, 0.5) is 0 Å². The Hall–Kier alpha value is -3.35. The monoisotopic (exact) mass is 548 g/mol. The van der Waals surface area contributed by atoms with Crippen LogP contribution < -0.4 is 14.2 Å². The van der Waals surface area contributed by atoms with Gasteiger partial charge >= 0.3 is 0 Å². The van der Waals surface area contributed by atoms with Crippen LogP contribution in [0.1, 0.15) is 12.0 Å². The number of hydrogen-bond acceptors (Lipinski definition) is 9. The van der Waals surface area contributed by atoms with Crippen molar-refractivity contribution in [3.8, 4) is 17.2 Å². The zero-order valence-corrected chi connectivity index (χ0v) is 21.6. The molecular formula is C23H21ClN4O6S2. The molecule has 13 heteroatoms. The Kier molecular flexibility index (Phi) is 7.67. The van der Waals surface area contributed by atoms with Crippen molar-refractivity contribution in [1.82, 2.24) is 5.01 Å². The Balaban J connectivity index is 1.48. The first-order chi connectivity index (χ1) is 17.2.